The van der Waals surface area contributed by atoms with Gasteiger partial charge in [0.15, 0.2) is 5.75 Å². The van der Waals surface area contributed by atoms with E-state index in [9.17, 15) is 14.3 Å². The first kappa shape index (κ1) is 23.1. The number of halogens is 2. The number of hydrogen-bond acceptors (Lipinski definition) is 6. The van der Waals surface area contributed by atoms with Crippen molar-refractivity contribution in [3.8, 4) is 34.3 Å². The highest BCUT2D eigenvalue weighted by molar-refractivity contribution is 6.31. The second-order valence-corrected chi connectivity index (χ2v) is 7.53. The van der Waals surface area contributed by atoms with Crippen LogP contribution in [0.3, 0.4) is 0 Å². The molecule has 0 aliphatic rings. The van der Waals surface area contributed by atoms with Gasteiger partial charge in [-0.1, -0.05) is 17.7 Å². The van der Waals surface area contributed by atoms with Gasteiger partial charge in [-0.15, -0.1) is 0 Å². The Balaban J connectivity index is 1.48. The molecule has 0 saturated heterocycles. The Bertz CT molecular complexity index is 1290. The van der Waals surface area contributed by atoms with Crippen molar-refractivity contribution in [2.75, 3.05) is 6.61 Å². The van der Waals surface area contributed by atoms with E-state index in [1.54, 1.807) is 49.4 Å². The van der Waals surface area contributed by atoms with Gasteiger partial charge in [-0.25, -0.2) is 9.18 Å². The Kier molecular flexibility index (Phi) is 6.98. The second kappa shape index (κ2) is 10.3. The fourth-order valence-electron chi connectivity index (χ4n) is 3.18. The van der Waals surface area contributed by atoms with Crippen molar-refractivity contribution in [3.05, 3.63) is 88.8 Å². The van der Waals surface area contributed by atoms with E-state index in [1.807, 2.05) is 0 Å². The third-order valence-corrected chi connectivity index (χ3v) is 5.24. The molecule has 9 heteroatoms. The summed E-state index contributed by atoms with van der Waals surface area (Å²) in [5.74, 6) is 0.189. The summed E-state index contributed by atoms with van der Waals surface area (Å²) in [7, 11) is 0. The molecule has 0 fully saturated rings. The van der Waals surface area contributed by atoms with Crippen molar-refractivity contribution in [2.45, 2.75) is 13.5 Å². The van der Waals surface area contributed by atoms with Crippen LogP contribution in [0.15, 0.2) is 66.9 Å². The lowest BCUT2D eigenvalue weighted by molar-refractivity contribution is 0.0526. The molecule has 4 aromatic rings. The number of aromatic hydroxyl groups is 1. The Labute approximate surface area is 199 Å². The van der Waals surface area contributed by atoms with Crippen molar-refractivity contribution in [2.24, 2.45) is 0 Å². The van der Waals surface area contributed by atoms with E-state index in [2.05, 4.69) is 10.2 Å². The van der Waals surface area contributed by atoms with E-state index in [1.165, 1.54) is 24.4 Å². The molecule has 7 nitrogen and oxygen atoms in total. The Morgan fingerprint density at radius 3 is 2.59 bits per heavy atom. The molecule has 0 saturated carbocycles. The van der Waals surface area contributed by atoms with Crippen LogP contribution in [0.5, 0.6) is 23.0 Å². The Morgan fingerprint density at radius 1 is 1.12 bits per heavy atom. The minimum Gasteiger partial charge on any atom is -0.507 e. The minimum absolute atomic E-state index is 0.0928. The monoisotopic (exact) mass is 482 g/mol. The number of H-pyrrole nitrogens is 1. The van der Waals surface area contributed by atoms with Gasteiger partial charge >= 0.3 is 5.97 Å². The van der Waals surface area contributed by atoms with E-state index >= 15 is 0 Å². The number of nitrogens with zero attached hydrogens (tertiary/aromatic N) is 1. The van der Waals surface area contributed by atoms with E-state index in [0.29, 0.717) is 40.7 Å². The molecule has 1 heterocycles. The van der Waals surface area contributed by atoms with Gasteiger partial charge in [0.2, 0.25) is 0 Å². The topological polar surface area (TPSA) is 93.7 Å². The zero-order valence-corrected chi connectivity index (χ0v) is 18.8. The van der Waals surface area contributed by atoms with E-state index < -0.39 is 11.8 Å². The van der Waals surface area contributed by atoms with E-state index in [-0.39, 0.29) is 22.9 Å². The van der Waals surface area contributed by atoms with E-state index in [4.69, 9.17) is 25.8 Å². The highest BCUT2D eigenvalue weighted by Gasteiger charge is 2.16. The maximum atomic E-state index is 13.9. The molecule has 3 aromatic carbocycles. The number of aromatic amines is 1. The van der Waals surface area contributed by atoms with Crippen LogP contribution in [0.1, 0.15) is 22.8 Å². The lowest BCUT2D eigenvalue weighted by Crippen LogP contribution is -2.04. The first-order valence-corrected chi connectivity index (χ1v) is 10.7. The molecular formula is C25H20ClFN2O5. The molecule has 0 spiro atoms. The summed E-state index contributed by atoms with van der Waals surface area (Å²) in [6.07, 6.45) is 1.47. The number of rotatable bonds is 8. The predicted octanol–water partition coefficient (Wildman–Crippen LogP) is 6.12. The summed E-state index contributed by atoms with van der Waals surface area (Å²) in [4.78, 5) is 11.8. The third kappa shape index (κ3) is 5.13. The molecule has 34 heavy (non-hydrogen) atoms. The number of phenolic OH excluding ortho intramolecular Hbond substituents is 1. The number of aromatic nitrogens is 2. The van der Waals surface area contributed by atoms with Crippen molar-refractivity contribution >= 4 is 17.6 Å². The zero-order valence-electron chi connectivity index (χ0n) is 18.0. The van der Waals surface area contributed by atoms with Crippen LogP contribution in [0, 0.1) is 5.82 Å². The molecule has 0 unspecified atom stereocenters. The highest BCUT2D eigenvalue weighted by Crippen LogP contribution is 2.38. The summed E-state index contributed by atoms with van der Waals surface area (Å²) in [6.45, 7) is 1.94. The summed E-state index contributed by atoms with van der Waals surface area (Å²) in [5.41, 5.74) is 1.50. The van der Waals surface area contributed by atoms with Crippen LogP contribution in [0.2, 0.25) is 5.02 Å². The van der Waals surface area contributed by atoms with Gasteiger partial charge in [-0.05, 0) is 55.5 Å². The largest absolute Gasteiger partial charge is 0.507 e. The predicted molar refractivity (Wildman–Crippen MR) is 124 cm³/mol. The molecule has 174 valence electrons. The van der Waals surface area contributed by atoms with Crippen molar-refractivity contribution < 1.29 is 28.5 Å². The number of nitrogens with one attached hydrogen (secondary N) is 1. The maximum absolute atomic E-state index is 13.9. The summed E-state index contributed by atoms with van der Waals surface area (Å²) in [6, 6.07) is 15.5. The van der Waals surface area contributed by atoms with Crippen molar-refractivity contribution in [1.82, 2.24) is 10.2 Å². The van der Waals surface area contributed by atoms with Crippen LogP contribution >= 0.6 is 11.6 Å². The summed E-state index contributed by atoms with van der Waals surface area (Å²) >= 11 is 6.02. The second-order valence-electron chi connectivity index (χ2n) is 7.12. The van der Waals surface area contributed by atoms with Gasteiger partial charge in [0.05, 0.1) is 23.4 Å². The van der Waals surface area contributed by atoms with Crippen molar-refractivity contribution in [3.63, 3.8) is 0 Å². The number of hydrogen-bond donors (Lipinski definition) is 2. The average Bonchev–Trinajstić information content (AvgIpc) is 3.27. The molecule has 0 atom stereocenters. The molecule has 0 bridgehead atoms. The normalized spacial score (nSPS) is 10.7. The van der Waals surface area contributed by atoms with Crippen molar-refractivity contribution in [1.29, 1.82) is 0 Å². The molecule has 0 amide bonds. The lowest BCUT2D eigenvalue weighted by Gasteiger charge is -2.11. The first-order chi connectivity index (χ1) is 16.5. The molecule has 1 aromatic heterocycles. The van der Waals surface area contributed by atoms with Crippen LogP contribution in [-0.2, 0) is 11.3 Å². The van der Waals surface area contributed by atoms with Gasteiger partial charge in [0.1, 0.15) is 35.4 Å². The van der Waals surface area contributed by atoms with Crippen LogP contribution in [0.25, 0.3) is 11.3 Å². The van der Waals surface area contributed by atoms with Gasteiger partial charge < -0.3 is 19.3 Å². The Morgan fingerprint density at radius 2 is 1.88 bits per heavy atom. The number of benzene rings is 3. The fraction of sp³-hybridized carbons (Fsp3) is 0.120. The van der Waals surface area contributed by atoms with Gasteiger partial charge in [0.25, 0.3) is 0 Å². The molecule has 4 rings (SSSR count). The number of carbonyl (C=O) groups excluding carboxylic acids is 1. The zero-order chi connectivity index (χ0) is 24.1. The molecule has 0 aliphatic heterocycles. The average molecular weight is 483 g/mol. The minimum atomic E-state index is -0.470. The third-order valence-electron chi connectivity index (χ3n) is 4.88. The number of esters is 1. The Hall–Kier alpha value is -4.04. The highest BCUT2D eigenvalue weighted by atomic mass is 35.5. The molecular weight excluding hydrogens is 463 g/mol. The van der Waals surface area contributed by atoms with Crippen LogP contribution in [-0.4, -0.2) is 27.9 Å². The maximum Gasteiger partial charge on any atom is 0.338 e. The first-order valence-electron chi connectivity index (χ1n) is 10.3. The van der Waals surface area contributed by atoms with E-state index in [0.717, 1.165) is 0 Å². The SMILES string of the molecule is CCOC(=O)c1ccc(Oc2cn[nH]c2-c2ccc(OCc3c(F)cccc3Cl)cc2O)cc1. The van der Waals surface area contributed by atoms with Crippen LogP contribution < -0.4 is 9.47 Å². The summed E-state index contributed by atoms with van der Waals surface area (Å²) < 4.78 is 30.4. The number of phenols is 1. The van der Waals surface area contributed by atoms with Gasteiger partial charge in [-0.2, -0.15) is 5.10 Å². The quantitative estimate of drug-likeness (QED) is 0.294. The standard InChI is InChI=1S/C25H20ClFN2O5/c1-2-32-25(31)15-6-8-16(9-7-15)34-23-13-28-29-24(23)18-11-10-17(12-22(18)30)33-14-19-20(26)4-3-5-21(19)27/h3-13,30H,2,14H2,1H3,(H,28,29). The van der Waals surface area contributed by atoms with Gasteiger partial charge in [0, 0.05) is 17.2 Å². The van der Waals surface area contributed by atoms with Crippen LogP contribution in [0.4, 0.5) is 4.39 Å². The summed E-state index contributed by atoms with van der Waals surface area (Å²) in [5, 5.41) is 17.6. The van der Waals surface area contributed by atoms with Gasteiger partial charge in [-0.3, -0.25) is 5.10 Å². The molecule has 0 aliphatic carbocycles. The number of ether oxygens (including phenoxy) is 3. The fourth-order valence-corrected chi connectivity index (χ4v) is 3.40. The number of carbonyl (C=O) groups is 1. The molecule has 0 radical (unpaired) electrons. The smallest absolute Gasteiger partial charge is 0.338 e. The lowest BCUT2D eigenvalue weighted by atomic mass is 10.1. The molecule has 2 N–H and O–H groups in total.